The summed E-state index contributed by atoms with van der Waals surface area (Å²) in [6.45, 7) is 0.298. The Morgan fingerprint density at radius 2 is 2.00 bits per heavy atom. The second-order valence-corrected chi connectivity index (χ2v) is 8.32. The summed E-state index contributed by atoms with van der Waals surface area (Å²) in [5.41, 5.74) is 3.93. The predicted octanol–water partition coefficient (Wildman–Crippen LogP) is 2.55. The van der Waals surface area contributed by atoms with E-state index in [1.54, 1.807) is 6.33 Å². The summed E-state index contributed by atoms with van der Waals surface area (Å²) in [6.07, 6.45) is 2.45. The molecule has 4 rings (SSSR count). The van der Waals surface area contributed by atoms with Crippen molar-refractivity contribution in [1.82, 2.24) is 14.3 Å². The summed E-state index contributed by atoms with van der Waals surface area (Å²) in [4.78, 5) is 4.31. The third-order valence-corrected chi connectivity index (χ3v) is 6.49. The Balaban J connectivity index is 1.44. The highest BCUT2D eigenvalue weighted by Gasteiger charge is 2.47. The zero-order valence-corrected chi connectivity index (χ0v) is 14.2. The zero-order chi connectivity index (χ0) is 16.7. The topological polar surface area (TPSA) is 64.0 Å². The maximum Gasteiger partial charge on any atom is 0.215 e. The fourth-order valence-corrected chi connectivity index (χ4v) is 4.78. The molecule has 0 radical (unpaired) electrons. The lowest BCUT2D eigenvalue weighted by Gasteiger charge is -2.07. The number of sulfonamides is 1. The molecule has 1 aliphatic carbocycles. The Bertz CT molecular complexity index is 980. The van der Waals surface area contributed by atoms with E-state index in [4.69, 9.17) is 0 Å². The van der Waals surface area contributed by atoms with Crippen molar-refractivity contribution in [2.24, 2.45) is 7.05 Å². The van der Waals surface area contributed by atoms with E-state index in [0.717, 1.165) is 22.2 Å². The summed E-state index contributed by atoms with van der Waals surface area (Å²) < 4.78 is 29.7. The van der Waals surface area contributed by atoms with Gasteiger partial charge in [0.15, 0.2) is 0 Å². The first-order valence-electron chi connectivity index (χ1n) is 7.98. The van der Waals surface area contributed by atoms with Crippen LogP contribution in [0, 0.1) is 0 Å². The number of rotatable bonds is 5. The van der Waals surface area contributed by atoms with Crippen LogP contribution in [-0.2, 0) is 23.6 Å². The standard InChI is InChI=1S/C18H19N3O2S/c1-21-12-19-16-9-13(7-8-17(16)21)11-20-24(22,23)18-10-15(18)14-5-3-2-4-6-14/h2-9,12,15,18,20H,10-11H2,1H3. The van der Waals surface area contributed by atoms with Gasteiger partial charge in [0.25, 0.3) is 0 Å². The Hall–Kier alpha value is -2.18. The van der Waals surface area contributed by atoms with E-state index in [-0.39, 0.29) is 11.2 Å². The fourth-order valence-electron chi connectivity index (χ4n) is 3.15. The molecule has 5 nitrogen and oxygen atoms in total. The molecule has 0 bridgehead atoms. The Morgan fingerprint density at radius 1 is 1.21 bits per heavy atom. The smallest absolute Gasteiger partial charge is 0.215 e. The predicted molar refractivity (Wildman–Crippen MR) is 94.1 cm³/mol. The van der Waals surface area contributed by atoms with E-state index in [1.165, 1.54) is 0 Å². The second kappa shape index (κ2) is 5.72. The highest BCUT2D eigenvalue weighted by atomic mass is 32.2. The number of imidazole rings is 1. The van der Waals surface area contributed by atoms with Crippen LogP contribution in [0.15, 0.2) is 54.9 Å². The van der Waals surface area contributed by atoms with E-state index in [2.05, 4.69) is 9.71 Å². The van der Waals surface area contributed by atoms with Crippen molar-refractivity contribution in [3.05, 3.63) is 66.0 Å². The van der Waals surface area contributed by atoms with Gasteiger partial charge in [-0.05, 0) is 29.7 Å². The van der Waals surface area contributed by atoms with Crippen LogP contribution in [0.5, 0.6) is 0 Å². The van der Waals surface area contributed by atoms with Gasteiger partial charge in [-0.1, -0.05) is 36.4 Å². The van der Waals surface area contributed by atoms with Gasteiger partial charge in [-0.15, -0.1) is 0 Å². The maximum absolute atomic E-state index is 12.5. The number of nitrogens with zero attached hydrogens (tertiary/aromatic N) is 2. The largest absolute Gasteiger partial charge is 0.334 e. The number of aromatic nitrogens is 2. The minimum Gasteiger partial charge on any atom is -0.334 e. The van der Waals surface area contributed by atoms with Gasteiger partial charge in [-0.2, -0.15) is 0 Å². The number of fused-ring (bicyclic) bond motifs is 1. The van der Waals surface area contributed by atoms with Gasteiger partial charge in [0.05, 0.1) is 22.6 Å². The summed E-state index contributed by atoms with van der Waals surface area (Å²) in [5.74, 6) is 0.113. The molecule has 2 atom stereocenters. The summed E-state index contributed by atoms with van der Waals surface area (Å²) in [6, 6.07) is 15.7. The lowest BCUT2D eigenvalue weighted by molar-refractivity contribution is 0.579. The van der Waals surface area contributed by atoms with Crippen molar-refractivity contribution in [1.29, 1.82) is 0 Å². The summed E-state index contributed by atoms with van der Waals surface area (Å²) in [5, 5.41) is -0.321. The molecule has 1 saturated carbocycles. The zero-order valence-electron chi connectivity index (χ0n) is 13.4. The summed E-state index contributed by atoms with van der Waals surface area (Å²) in [7, 11) is -1.37. The number of benzene rings is 2. The molecule has 1 fully saturated rings. The number of aryl methyl sites for hydroxylation is 1. The molecule has 2 unspecified atom stereocenters. The molecule has 0 amide bonds. The molecular formula is C18H19N3O2S. The molecule has 1 aromatic heterocycles. The molecule has 1 heterocycles. The molecule has 124 valence electrons. The van der Waals surface area contributed by atoms with Crippen LogP contribution >= 0.6 is 0 Å². The van der Waals surface area contributed by atoms with Crippen LogP contribution in [-0.4, -0.2) is 23.2 Å². The molecule has 24 heavy (non-hydrogen) atoms. The number of nitrogens with one attached hydrogen (secondary N) is 1. The average Bonchev–Trinajstić information content (AvgIpc) is 3.33. The molecular weight excluding hydrogens is 322 g/mol. The first kappa shape index (κ1) is 15.4. The quantitative estimate of drug-likeness (QED) is 0.776. The minimum absolute atomic E-state index is 0.113. The molecule has 0 spiro atoms. The monoisotopic (exact) mass is 341 g/mol. The van der Waals surface area contributed by atoms with Crippen molar-refractivity contribution in [2.45, 2.75) is 24.1 Å². The number of hydrogen-bond donors (Lipinski definition) is 1. The van der Waals surface area contributed by atoms with Crippen LogP contribution in [0.4, 0.5) is 0 Å². The van der Waals surface area contributed by atoms with Crippen molar-refractivity contribution in [2.75, 3.05) is 0 Å². The maximum atomic E-state index is 12.5. The molecule has 1 N–H and O–H groups in total. The van der Waals surface area contributed by atoms with Gasteiger partial charge in [0, 0.05) is 19.5 Å². The lowest BCUT2D eigenvalue weighted by atomic mass is 10.1. The minimum atomic E-state index is -3.31. The van der Waals surface area contributed by atoms with Crippen molar-refractivity contribution >= 4 is 21.1 Å². The van der Waals surface area contributed by atoms with Crippen molar-refractivity contribution in [3.63, 3.8) is 0 Å². The third-order valence-electron chi connectivity index (χ3n) is 4.63. The first-order chi connectivity index (χ1) is 11.5. The van der Waals surface area contributed by atoms with E-state index in [9.17, 15) is 8.42 Å². The van der Waals surface area contributed by atoms with Gasteiger partial charge in [0.2, 0.25) is 10.0 Å². The molecule has 6 heteroatoms. The Morgan fingerprint density at radius 3 is 2.79 bits per heavy atom. The molecule has 2 aromatic carbocycles. The van der Waals surface area contributed by atoms with Crippen LogP contribution < -0.4 is 4.72 Å². The Labute approximate surface area is 141 Å². The Kier molecular flexibility index (Phi) is 3.66. The van der Waals surface area contributed by atoms with Gasteiger partial charge >= 0.3 is 0 Å². The fraction of sp³-hybridized carbons (Fsp3) is 0.278. The van der Waals surface area contributed by atoms with E-state index < -0.39 is 10.0 Å². The molecule has 3 aromatic rings. The van der Waals surface area contributed by atoms with Gasteiger partial charge in [-0.3, -0.25) is 0 Å². The van der Waals surface area contributed by atoms with Crippen LogP contribution in [0.25, 0.3) is 11.0 Å². The molecule has 0 aliphatic heterocycles. The van der Waals surface area contributed by atoms with Gasteiger partial charge in [0.1, 0.15) is 0 Å². The first-order valence-corrected chi connectivity index (χ1v) is 9.52. The van der Waals surface area contributed by atoms with Gasteiger partial charge in [-0.25, -0.2) is 18.1 Å². The van der Waals surface area contributed by atoms with Gasteiger partial charge < -0.3 is 4.57 Å². The van der Waals surface area contributed by atoms with E-state index >= 15 is 0 Å². The van der Waals surface area contributed by atoms with Crippen molar-refractivity contribution < 1.29 is 8.42 Å². The lowest BCUT2D eigenvalue weighted by Crippen LogP contribution is -2.27. The average molecular weight is 341 g/mol. The normalized spacial score (nSPS) is 20.4. The van der Waals surface area contributed by atoms with Crippen molar-refractivity contribution in [3.8, 4) is 0 Å². The van der Waals surface area contributed by atoms with Crippen LogP contribution in [0.3, 0.4) is 0 Å². The summed E-state index contributed by atoms with van der Waals surface area (Å²) >= 11 is 0. The van der Waals surface area contributed by atoms with E-state index in [0.29, 0.717) is 13.0 Å². The highest BCUT2D eigenvalue weighted by Crippen LogP contribution is 2.45. The van der Waals surface area contributed by atoms with Crippen LogP contribution in [0.2, 0.25) is 0 Å². The highest BCUT2D eigenvalue weighted by molar-refractivity contribution is 7.90. The third kappa shape index (κ3) is 2.83. The second-order valence-electron chi connectivity index (χ2n) is 6.34. The number of hydrogen-bond acceptors (Lipinski definition) is 3. The molecule has 1 aliphatic rings. The van der Waals surface area contributed by atoms with Crippen LogP contribution in [0.1, 0.15) is 23.5 Å². The van der Waals surface area contributed by atoms with E-state index in [1.807, 2.05) is 60.1 Å². The SMILES string of the molecule is Cn1cnc2cc(CNS(=O)(=O)C3CC3c3ccccc3)ccc21. The molecule has 0 saturated heterocycles.